The molecule has 3 heterocycles. The first-order valence-corrected chi connectivity index (χ1v) is 6.54. The zero-order chi connectivity index (χ0) is 13.1. The van der Waals surface area contributed by atoms with Gasteiger partial charge in [0, 0.05) is 38.1 Å². The number of aromatic nitrogens is 3. The molecule has 0 bridgehead atoms. The monoisotopic (exact) mass is 279 g/mol. The minimum Gasteiger partial charge on any atom is -0.374 e. The number of ether oxygens (including phenoxy) is 1. The lowest BCUT2D eigenvalue weighted by Crippen LogP contribution is -2.42. The molecule has 0 amide bonds. The molecule has 0 radical (unpaired) electrons. The van der Waals surface area contributed by atoms with E-state index in [1.807, 2.05) is 0 Å². The molecular weight excluding hydrogens is 266 g/mol. The lowest BCUT2D eigenvalue weighted by atomic mass is 10.3. The van der Waals surface area contributed by atoms with Crippen molar-refractivity contribution in [3.63, 3.8) is 0 Å². The predicted octanol–water partition coefficient (Wildman–Crippen LogP) is 1.08. The summed E-state index contributed by atoms with van der Waals surface area (Å²) < 4.78 is 5.62. The molecule has 0 unspecified atom stereocenters. The fourth-order valence-corrected chi connectivity index (χ4v) is 2.21. The summed E-state index contributed by atoms with van der Waals surface area (Å²) in [6, 6.07) is 1.70. The number of hydrogen-bond donors (Lipinski definition) is 2. The standard InChI is InChI=1S/C12H14ClN5O/c13-10-5-9-11(16-2-1-15-9)12(18-10)17-7-8-6-14-3-4-19-8/h1-2,5,8,14H,3-4,6-7H2,(H,17,18)/t8-/m0/s1. The van der Waals surface area contributed by atoms with E-state index in [1.165, 1.54) is 0 Å². The van der Waals surface area contributed by atoms with Gasteiger partial charge in [-0.05, 0) is 0 Å². The topological polar surface area (TPSA) is 72.0 Å². The Balaban J connectivity index is 1.79. The summed E-state index contributed by atoms with van der Waals surface area (Å²) in [5, 5.41) is 6.92. The van der Waals surface area contributed by atoms with Crippen molar-refractivity contribution in [3.8, 4) is 0 Å². The van der Waals surface area contributed by atoms with Crippen LogP contribution in [0.1, 0.15) is 0 Å². The summed E-state index contributed by atoms with van der Waals surface area (Å²) >= 11 is 5.98. The minimum atomic E-state index is 0.126. The highest BCUT2D eigenvalue weighted by molar-refractivity contribution is 6.30. The van der Waals surface area contributed by atoms with E-state index < -0.39 is 0 Å². The van der Waals surface area contributed by atoms with E-state index in [2.05, 4.69) is 25.6 Å². The number of morpholine rings is 1. The first-order valence-electron chi connectivity index (χ1n) is 6.16. The van der Waals surface area contributed by atoms with Gasteiger partial charge in [-0.1, -0.05) is 11.6 Å². The van der Waals surface area contributed by atoms with Crippen molar-refractivity contribution in [2.75, 3.05) is 31.6 Å². The zero-order valence-corrected chi connectivity index (χ0v) is 11.0. The Kier molecular flexibility index (Phi) is 3.72. The average molecular weight is 280 g/mol. The summed E-state index contributed by atoms with van der Waals surface area (Å²) in [6.07, 6.45) is 3.40. The third kappa shape index (κ3) is 2.91. The second kappa shape index (κ2) is 5.64. The molecule has 0 aliphatic carbocycles. The van der Waals surface area contributed by atoms with Gasteiger partial charge in [-0.25, -0.2) is 9.97 Å². The Bertz CT molecular complexity index is 573. The van der Waals surface area contributed by atoms with E-state index in [9.17, 15) is 0 Å². The predicted molar refractivity (Wildman–Crippen MR) is 73.4 cm³/mol. The summed E-state index contributed by atoms with van der Waals surface area (Å²) in [4.78, 5) is 12.8. The molecule has 1 aliphatic rings. The molecule has 100 valence electrons. The molecule has 2 N–H and O–H groups in total. The van der Waals surface area contributed by atoms with Gasteiger partial charge in [0.2, 0.25) is 0 Å². The highest BCUT2D eigenvalue weighted by atomic mass is 35.5. The maximum Gasteiger partial charge on any atom is 0.156 e. The normalized spacial score (nSPS) is 19.5. The molecule has 2 aromatic rings. The van der Waals surface area contributed by atoms with Crippen LogP contribution in [0.3, 0.4) is 0 Å². The van der Waals surface area contributed by atoms with E-state index in [0.29, 0.717) is 17.5 Å². The van der Waals surface area contributed by atoms with Crippen LogP contribution in [0, 0.1) is 0 Å². The van der Waals surface area contributed by atoms with Crippen LogP contribution in [0.2, 0.25) is 5.15 Å². The number of nitrogens with one attached hydrogen (secondary N) is 2. The highest BCUT2D eigenvalue weighted by Crippen LogP contribution is 2.21. The molecule has 0 saturated carbocycles. The Morgan fingerprint density at radius 2 is 2.32 bits per heavy atom. The van der Waals surface area contributed by atoms with E-state index in [1.54, 1.807) is 18.5 Å². The Morgan fingerprint density at radius 3 is 3.16 bits per heavy atom. The quantitative estimate of drug-likeness (QED) is 0.819. The molecule has 1 saturated heterocycles. The van der Waals surface area contributed by atoms with E-state index in [4.69, 9.17) is 16.3 Å². The molecule has 3 rings (SSSR count). The van der Waals surface area contributed by atoms with Gasteiger partial charge in [0.05, 0.1) is 18.2 Å². The van der Waals surface area contributed by atoms with Gasteiger partial charge in [0.1, 0.15) is 10.7 Å². The van der Waals surface area contributed by atoms with Gasteiger partial charge in [0.15, 0.2) is 5.82 Å². The minimum absolute atomic E-state index is 0.126. The molecular formula is C12H14ClN5O. The van der Waals surface area contributed by atoms with Crippen LogP contribution in [0.5, 0.6) is 0 Å². The van der Waals surface area contributed by atoms with Gasteiger partial charge >= 0.3 is 0 Å². The van der Waals surface area contributed by atoms with E-state index in [-0.39, 0.29) is 6.10 Å². The first kappa shape index (κ1) is 12.5. The van der Waals surface area contributed by atoms with Crippen molar-refractivity contribution in [3.05, 3.63) is 23.6 Å². The average Bonchev–Trinajstić information content (AvgIpc) is 2.45. The summed E-state index contributed by atoms with van der Waals surface area (Å²) in [5.41, 5.74) is 1.45. The largest absolute Gasteiger partial charge is 0.374 e. The molecule has 6 nitrogen and oxygen atoms in total. The summed E-state index contributed by atoms with van der Waals surface area (Å²) in [6.45, 7) is 3.12. The van der Waals surface area contributed by atoms with Gasteiger partial charge in [0.25, 0.3) is 0 Å². The Hall–Kier alpha value is -1.50. The van der Waals surface area contributed by atoms with Crippen molar-refractivity contribution in [1.29, 1.82) is 0 Å². The number of anilines is 1. The molecule has 1 atom stereocenters. The lowest BCUT2D eigenvalue weighted by Gasteiger charge is -2.24. The van der Waals surface area contributed by atoms with Crippen molar-refractivity contribution >= 4 is 28.5 Å². The molecule has 0 aromatic carbocycles. The molecule has 0 spiro atoms. The number of nitrogens with zero attached hydrogens (tertiary/aromatic N) is 3. The van der Waals surface area contributed by atoms with Gasteiger partial charge in [-0.15, -0.1) is 0 Å². The lowest BCUT2D eigenvalue weighted by molar-refractivity contribution is 0.0372. The van der Waals surface area contributed by atoms with Crippen molar-refractivity contribution in [2.45, 2.75) is 6.10 Å². The fourth-order valence-electron chi connectivity index (χ4n) is 2.03. The van der Waals surface area contributed by atoms with E-state index in [0.717, 1.165) is 30.7 Å². The summed E-state index contributed by atoms with van der Waals surface area (Å²) in [7, 11) is 0. The van der Waals surface area contributed by atoms with Crippen LogP contribution in [-0.4, -0.2) is 47.3 Å². The SMILES string of the molecule is Clc1cc2nccnc2c(NC[C@@H]2CNCCO2)n1. The van der Waals surface area contributed by atoms with Crippen molar-refractivity contribution < 1.29 is 4.74 Å². The smallest absolute Gasteiger partial charge is 0.156 e. The van der Waals surface area contributed by atoms with Gasteiger partial charge in [-0.3, -0.25) is 4.98 Å². The molecule has 19 heavy (non-hydrogen) atoms. The third-order valence-electron chi connectivity index (χ3n) is 2.93. The first-order chi connectivity index (χ1) is 9.33. The van der Waals surface area contributed by atoms with Crippen LogP contribution in [0.4, 0.5) is 5.82 Å². The zero-order valence-electron chi connectivity index (χ0n) is 10.3. The van der Waals surface area contributed by atoms with Crippen molar-refractivity contribution in [2.24, 2.45) is 0 Å². The number of fused-ring (bicyclic) bond motifs is 1. The Labute approximate surface area is 115 Å². The fraction of sp³-hybridized carbons (Fsp3) is 0.417. The molecule has 2 aromatic heterocycles. The van der Waals surface area contributed by atoms with E-state index >= 15 is 0 Å². The number of pyridine rings is 1. The molecule has 1 fully saturated rings. The number of halogens is 1. The van der Waals surface area contributed by atoms with Crippen LogP contribution in [0.25, 0.3) is 11.0 Å². The Morgan fingerprint density at radius 1 is 1.42 bits per heavy atom. The van der Waals surface area contributed by atoms with Crippen LogP contribution < -0.4 is 10.6 Å². The van der Waals surface area contributed by atoms with Crippen LogP contribution >= 0.6 is 11.6 Å². The maximum atomic E-state index is 5.98. The maximum absolute atomic E-state index is 5.98. The number of rotatable bonds is 3. The van der Waals surface area contributed by atoms with Crippen LogP contribution in [-0.2, 0) is 4.74 Å². The number of hydrogen-bond acceptors (Lipinski definition) is 6. The van der Waals surface area contributed by atoms with Crippen molar-refractivity contribution in [1.82, 2.24) is 20.3 Å². The highest BCUT2D eigenvalue weighted by Gasteiger charge is 2.14. The van der Waals surface area contributed by atoms with Gasteiger partial charge < -0.3 is 15.4 Å². The third-order valence-corrected chi connectivity index (χ3v) is 3.12. The molecule has 7 heteroatoms. The second-order valence-corrected chi connectivity index (χ2v) is 4.68. The summed E-state index contributed by atoms with van der Waals surface area (Å²) in [5.74, 6) is 0.643. The molecule has 1 aliphatic heterocycles. The van der Waals surface area contributed by atoms with Crippen LogP contribution in [0.15, 0.2) is 18.5 Å². The second-order valence-electron chi connectivity index (χ2n) is 4.30. The van der Waals surface area contributed by atoms with Gasteiger partial charge in [-0.2, -0.15) is 0 Å².